The molecule has 2 N–H and O–H groups in total. The maximum atomic E-state index is 13.7. The van der Waals surface area contributed by atoms with Gasteiger partial charge in [0.2, 0.25) is 0 Å². The van der Waals surface area contributed by atoms with Gasteiger partial charge in [0, 0.05) is 18.3 Å². The van der Waals surface area contributed by atoms with Crippen LogP contribution in [-0.4, -0.2) is 4.98 Å². The number of pyridine rings is 1. The van der Waals surface area contributed by atoms with Crippen LogP contribution in [-0.2, 0) is 6.54 Å². The van der Waals surface area contributed by atoms with Crippen LogP contribution in [0.4, 0.5) is 4.39 Å². The second-order valence-corrected chi connectivity index (χ2v) is 3.74. The molecule has 0 aliphatic heterocycles. The number of aryl methyl sites for hydroxylation is 1. The number of aromatic nitrogens is 1. The Morgan fingerprint density at radius 2 is 2.06 bits per heavy atom. The van der Waals surface area contributed by atoms with Gasteiger partial charge in [-0.3, -0.25) is 4.98 Å². The average Bonchev–Trinajstić information content (AvgIpc) is 2.29. The summed E-state index contributed by atoms with van der Waals surface area (Å²) < 4.78 is 13.7. The number of hydrogen-bond donors (Lipinski definition) is 1. The summed E-state index contributed by atoms with van der Waals surface area (Å²) in [5.74, 6) is -0.243. The van der Waals surface area contributed by atoms with E-state index >= 15 is 0 Å². The third-order valence-electron chi connectivity index (χ3n) is 2.46. The molecular weight excluding hydrogens is 203 g/mol. The lowest BCUT2D eigenvalue weighted by Crippen LogP contribution is -1.97. The topological polar surface area (TPSA) is 38.9 Å². The number of halogens is 1. The standard InChI is InChI=1S/C13H13FN2/c1-9-2-4-11(12(14)6-9)13-5-3-10(7-15)8-16-13/h2-6,8H,7,15H2,1H3. The van der Waals surface area contributed by atoms with E-state index in [-0.39, 0.29) is 5.82 Å². The number of benzene rings is 1. The van der Waals surface area contributed by atoms with Crippen molar-refractivity contribution in [3.63, 3.8) is 0 Å². The molecule has 0 aliphatic rings. The van der Waals surface area contributed by atoms with Crippen LogP contribution in [0.2, 0.25) is 0 Å². The number of hydrogen-bond acceptors (Lipinski definition) is 2. The molecule has 1 aromatic heterocycles. The molecule has 0 atom stereocenters. The van der Waals surface area contributed by atoms with E-state index in [0.717, 1.165) is 11.1 Å². The van der Waals surface area contributed by atoms with Gasteiger partial charge >= 0.3 is 0 Å². The summed E-state index contributed by atoms with van der Waals surface area (Å²) in [4.78, 5) is 4.19. The van der Waals surface area contributed by atoms with Gasteiger partial charge in [0.1, 0.15) is 5.82 Å². The van der Waals surface area contributed by atoms with Crippen LogP contribution in [0.15, 0.2) is 36.5 Å². The first-order valence-corrected chi connectivity index (χ1v) is 5.12. The Kier molecular flexibility index (Phi) is 2.97. The number of nitrogens with zero attached hydrogens (tertiary/aromatic N) is 1. The van der Waals surface area contributed by atoms with Crippen LogP contribution in [0, 0.1) is 12.7 Å². The minimum Gasteiger partial charge on any atom is -0.326 e. The first-order chi connectivity index (χ1) is 7.70. The van der Waals surface area contributed by atoms with Crippen LogP contribution < -0.4 is 5.73 Å². The molecule has 16 heavy (non-hydrogen) atoms. The molecule has 0 unspecified atom stereocenters. The predicted octanol–water partition coefficient (Wildman–Crippen LogP) is 2.65. The van der Waals surface area contributed by atoms with Crippen molar-refractivity contribution >= 4 is 0 Å². The maximum absolute atomic E-state index is 13.7. The molecule has 0 spiro atoms. The number of rotatable bonds is 2. The van der Waals surface area contributed by atoms with Gasteiger partial charge in [-0.25, -0.2) is 4.39 Å². The Morgan fingerprint density at radius 1 is 1.25 bits per heavy atom. The zero-order valence-electron chi connectivity index (χ0n) is 9.07. The van der Waals surface area contributed by atoms with Crippen molar-refractivity contribution in [2.75, 3.05) is 0 Å². The van der Waals surface area contributed by atoms with Crippen LogP contribution in [0.3, 0.4) is 0 Å². The van der Waals surface area contributed by atoms with Crippen molar-refractivity contribution in [2.45, 2.75) is 13.5 Å². The summed E-state index contributed by atoms with van der Waals surface area (Å²) in [6, 6.07) is 8.78. The highest BCUT2D eigenvalue weighted by Gasteiger charge is 2.05. The molecule has 1 aromatic carbocycles. The van der Waals surface area contributed by atoms with Crippen molar-refractivity contribution in [1.29, 1.82) is 0 Å². The van der Waals surface area contributed by atoms with Crippen molar-refractivity contribution in [3.05, 3.63) is 53.5 Å². The molecule has 0 aliphatic carbocycles. The van der Waals surface area contributed by atoms with Crippen LogP contribution in [0.5, 0.6) is 0 Å². The fourth-order valence-corrected chi connectivity index (χ4v) is 1.53. The van der Waals surface area contributed by atoms with E-state index in [2.05, 4.69) is 4.98 Å². The van der Waals surface area contributed by atoms with Crippen molar-refractivity contribution in [3.8, 4) is 11.3 Å². The van der Waals surface area contributed by atoms with Gasteiger partial charge < -0.3 is 5.73 Å². The highest BCUT2D eigenvalue weighted by atomic mass is 19.1. The normalized spacial score (nSPS) is 10.4. The zero-order valence-corrected chi connectivity index (χ0v) is 9.07. The monoisotopic (exact) mass is 216 g/mol. The van der Waals surface area contributed by atoms with Crippen molar-refractivity contribution < 1.29 is 4.39 Å². The lowest BCUT2D eigenvalue weighted by molar-refractivity contribution is 0.629. The van der Waals surface area contributed by atoms with E-state index in [1.54, 1.807) is 18.3 Å². The van der Waals surface area contributed by atoms with E-state index in [1.807, 2.05) is 19.1 Å². The summed E-state index contributed by atoms with van der Waals surface area (Å²) in [6.45, 7) is 2.31. The van der Waals surface area contributed by atoms with E-state index < -0.39 is 0 Å². The average molecular weight is 216 g/mol. The highest BCUT2D eigenvalue weighted by molar-refractivity contribution is 5.60. The minimum atomic E-state index is -0.243. The van der Waals surface area contributed by atoms with Crippen LogP contribution in [0.25, 0.3) is 11.3 Å². The summed E-state index contributed by atoms with van der Waals surface area (Å²) in [6.07, 6.45) is 1.68. The second kappa shape index (κ2) is 4.41. The quantitative estimate of drug-likeness (QED) is 0.838. The molecule has 0 bridgehead atoms. The number of nitrogens with two attached hydrogens (primary N) is 1. The maximum Gasteiger partial charge on any atom is 0.132 e. The van der Waals surface area contributed by atoms with Crippen LogP contribution >= 0.6 is 0 Å². The molecule has 82 valence electrons. The zero-order chi connectivity index (χ0) is 11.5. The Labute approximate surface area is 93.9 Å². The van der Waals surface area contributed by atoms with Gasteiger partial charge in [0.15, 0.2) is 0 Å². The van der Waals surface area contributed by atoms with Gasteiger partial charge in [0.25, 0.3) is 0 Å². The predicted molar refractivity (Wildman–Crippen MR) is 62.3 cm³/mol. The smallest absolute Gasteiger partial charge is 0.132 e. The Hall–Kier alpha value is -1.74. The molecule has 2 nitrogen and oxygen atoms in total. The van der Waals surface area contributed by atoms with Gasteiger partial charge in [0.05, 0.1) is 5.69 Å². The molecule has 2 rings (SSSR count). The summed E-state index contributed by atoms with van der Waals surface area (Å²) in [5, 5.41) is 0. The fraction of sp³-hybridized carbons (Fsp3) is 0.154. The van der Waals surface area contributed by atoms with Gasteiger partial charge in [-0.05, 0) is 36.2 Å². The Balaban J connectivity index is 2.42. The summed E-state index contributed by atoms with van der Waals surface area (Å²) in [7, 11) is 0. The highest BCUT2D eigenvalue weighted by Crippen LogP contribution is 2.21. The van der Waals surface area contributed by atoms with Crippen molar-refractivity contribution in [1.82, 2.24) is 4.98 Å². The van der Waals surface area contributed by atoms with E-state index in [1.165, 1.54) is 6.07 Å². The van der Waals surface area contributed by atoms with E-state index in [9.17, 15) is 4.39 Å². The molecule has 1 heterocycles. The lowest BCUT2D eigenvalue weighted by atomic mass is 10.1. The largest absolute Gasteiger partial charge is 0.326 e. The molecule has 0 fully saturated rings. The van der Waals surface area contributed by atoms with E-state index in [0.29, 0.717) is 17.8 Å². The first kappa shape index (κ1) is 10.8. The molecular formula is C13H13FN2. The minimum absolute atomic E-state index is 0.243. The fourth-order valence-electron chi connectivity index (χ4n) is 1.53. The Morgan fingerprint density at radius 3 is 2.62 bits per heavy atom. The molecule has 0 radical (unpaired) electrons. The lowest BCUT2D eigenvalue weighted by Gasteiger charge is -2.04. The van der Waals surface area contributed by atoms with Gasteiger partial charge in [-0.1, -0.05) is 12.1 Å². The summed E-state index contributed by atoms with van der Waals surface area (Å²) in [5.41, 5.74) is 8.47. The molecule has 0 amide bonds. The Bertz CT molecular complexity index is 492. The summed E-state index contributed by atoms with van der Waals surface area (Å²) >= 11 is 0. The third-order valence-corrected chi connectivity index (χ3v) is 2.46. The molecule has 0 saturated carbocycles. The van der Waals surface area contributed by atoms with Gasteiger partial charge in [-0.15, -0.1) is 0 Å². The third kappa shape index (κ3) is 2.09. The SMILES string of the molecule is Cc1ccc(-c2ccc(CN)cn2)c(F)c1. The van der Waals surface area contributed by atoms with Crippen LogP contribution in [0.1, 0.15) is 11.1 Å². The van der Waals surface area contributed by atoms with Gasteiger partial charge in [-0.2, -0.15) is 0 Å². The second-order valence-electron chi connectivity index (χ2n) is 3.74. The molecule has 2 aromatic rings. The van der Waals surface area contributed by atoms with E-state index in [4.69, 9.17) is 5.73 Å². The van der Waals surface area contributed by atoms with Crippen molar-refractivity contribution in [2.24, 2.45) is 5.73 Å². The molecule has 3 heteroatoms. The molecule has 0 saturated heterocycles. The first-order valence-electron chi connectivity index (χ1n) is 5.12.